The fourth-order valence-corrected chi connectivity index (χ4v) is 2.23. The number of benzene rings is 2. The van der Waals surface area contributed by atoms with Crippen molar-refractivity contribution in [1.29, 1.82) is 0 Å². The normalized spacial score (nSPS) is 10.3. The summed E-state index contributed by atoms with van der Waals surface area (Å²) in [7, 11) is 1.97. The molecule has 2 aromatic carbocycles. The average Bonchev–Trinajstić information content (AvgIpc) is 2.40. The maximum atomic E-state index is 11.4. The van der Waals surface area contributed by atoms with Crippen molar-refractivity contribution in [2.75, 3.05) is 11.9 Å². The molecule has 98 valence electrons. The van der Waals surface area contributed by atoms with Crippen molar-refractivity contribution in [2.24, 2.45) is 0 Å². The minimum Gasteiger partial charge on any atom is -0.369 e. The highest BCUT2D eigenvalue weighted by molar-refractivity contribution is 6.33. The van der Waals surface area contributed by atoms with Crippen molar-refractivity contribution in [2.45, 2.75) is 13.5 Å². The molecule has 3 heteroatoms. The second-order valence-corrected chi connectivity index (χ2v) is 4.97. The first-order valence-corrected chi connectivity index (χ1v) is 6.51. The predicted octanol–water partition coefficient (Wildman–Crippen LogP) is 4.18. The summed E-state index contributed by atoms with van der Waals surface area (Å²) in [5.74, 6) is 0.0472. The molecule has 0 unspecified atom stereocenters. The number of Topliss-reactive ketones (excluding diaryl/α,β-unsaturated/α-hetero) is 1. The van der Waals surface area contributed by atoms with Gasteiger partial charge in [0.25, 0.3) is 0 Å². The lowest BCUT2D eigenvalue weighted by Gasteiger charge is -2.21. The van der Waals surface area contributed by atoms with Crippen molar-refractivity contribution < 1.29 is 4.79 Å². The van der Waals surface area contributed by atoms with Crippen molar-refractivity contribution in [1.82, 2.24) is 0 Å². The zero-order valence-corrected chi connectivity index (χ0v) is 11.8. The van der Waals surface area contributed by atoms with Crippen LogP contribution in [0.2, 0.25) is 5.02 Å². The summed E-state index contributed by atoms with van der Waals surface area (Å²) >= 11 is 6.21. The Kier molecular flexibility index (Phi) is 4.23. The Morgan fingerprint density at radius 2 is 1.84 bits per heavy atom. The third kappa shape index (κ3) is 3.36. The van der Waals surface area contributed by atoms with Crippen LogP contribution in [0, 0.1) is 0 Å². The summed E-state index contributed by atoms with van der Waals surface area (Å²) in [5.41, 5.74) is 2.76. The van der Waals surface area contributed by atoms with Crippen molar-refractivity contribution >= 4 is 23.1 Å². The third-order valence-electron chi connectivity index (χ3n) is 3.03. The van der Waals surface area contributed by atoms with Crippen molar-refractivity contribution in [3.05, 3.63) is 64.7 Å². The van der Waals surface area contributed by atoms with Crippen LogP contribution in [0.15, 0.2) is 48.5 Å². The molecule has 0 aliphatic rings. The lowest BCUT2D eigenvalue weighted by atomic mass is 10.1. The minimum absolute atomic E-state index is 0.0472. The number of nitrogens with zero attached hydrogens (tertiary/aromatic N) is 1. The van der Waals surface area contributed by atoms with Crippen LogP contribution in [0.1, 0.15) is 22.8 Å². The van der Waals surface area contributed by atoms with E-state index in [1.54, 1.807) is 19.1 Å². The first-order valence-electron chi connectivity index (χ1n) is 6.13. The minimum atomic E-state index is 0.0472. The summed E-state index contributed by atoms with van der Waals surface area (Å²) in [6.07, 6.45) is 0. The number of anilines is 1. The highest BCUT2D eigenvalue weighted by Gasteiger charge is 2.09. The molecule has 0 N–H and O–H groups in total. The van der Waals surface area contributed by atoms with Gasteiger partial charge in [-0.2, -0.15) is 0 Å². The molecule has 0 spiro atoms. The molecule has 0 amide bonds. The number of carbonyl (C=O) groups excluding carboxylic acids is 1. The van der Waals surface area contributed by atoms with Crippen LogP contribution >= 0.6 is 11.6 Å². The molecule has 0 bridgehead atoms. The maximum Gasteiger partial charge on any atom is 0.159 e. The quantitative estimate of drug-likeness (QED) is 0.779. The van der Waals surface area contributed by atoms with E-state index in [2.05, 4.69) is 12.1 Å². The molecule has 0 aliphatic heterocycles. The molecule has 0 aliphatic carbocycles. The van der Waals surface area contributed by atoms with E-state index >= 15 is 0 Å². The van der Waals surface area contributed by atoms with Crippen LogP contribution in [-0.4, -0.2) is 12.8 Å². The van der Waals surface area contributed by atoms with Gasteiger partial charge in [0.15, 0.2) is 5.78 Å². The van der Waals surface area contributed by atoms with Crippen LogP contribution < -0.4 is 4.90 Å². The van der Waals surface area contributed by atoms with E-state index in [9.17, 15) is 4.79 Å². The zero-order valence-electron chi connectivity index (χ0n) is 11.1. The Balaban J connectivity index is 2.25. The molecule has 2 aromatic rings. The van der Waals surface area contributed by atoms with Gasteiger partial charge in [0.1, 0.15) is 0 Å². The molecule has 0 radical (unpaired) electrons. The van der Waals surface area contributed by atoms with Crippen LogP contribution in [-0.2, 0) is 6.54 Å². The van der Waals surface area contributed by atoms with Gasteiger partial charge in [-0.25, -0.2) is 0 Å². The molecular formula is C16H16ClNO. The lowest BCUT2D eigenvalue weighted by Crippen LogP contribution is -2.17. The summed E-state index contributed by atoms with van der Waals surface area (Å²) in [6, 6.07) is 15.5. The van der Waals surface area contributed by atoms with E-state index in [1.165, 1.54) is 5.56 Å². The van der Waals surface area contributed by atoms with Gasteiger partial charge in [0.05, 0.1) is 10.7 Å². The molecule has 2 nitrogen and oxygen atoms in total. The van der Waals surface area contributed by atoms with Gasteiger partial charge >= 0.3 is 0 Å². The highest BCUT2D eigenvalue weighted by atomic mass is 35.5. The van der Waals surface area contributed by atoms with Gasteiger partial charge in [0, 0.05) is 19.2 Å². The third-order valence-corrected chi connectivity index (χ3v) is 3.35. The molecule has 0 aromatic heterocycles. The summed E-state index contributed by atoms with van der Waals surface area (Å²) < 4.78 is 0. The second kappa shape index (κ2) is 5.89. The molecule has 0 saturated carbocycles. The van der Waals surface area contributed by atoms with E-state index in [0.717, 1.165) is 12.2 Å². The average molecular weight is 274 g/mol. The molecule has 19 heavy (non-hydrogen) atoms. The molecule has 2 rings (SSSR count). The summed E-state index contributed by atoms with van der Waals surface area (Å²) in [4.78, 5) is 13.5. The summed E-state index contributed by atoms with van der Waals surface area (Å²) in [6.45, 7) is 2.31. The predicted molar refractivity (Wildman–Crippen MR) is 80.0 cm³/mol. The van der Waals surface area contributed by atoms with Crippen molar-refractivity contribution in [3.8, 4) is 0 Å². The maximum absolute atomic E-state index is 11.4. The number of hydrogen-bond donors (Lipinski definition) is 0. The largest absolute Gasteiger partial charge is 0.369 e. The zero-order chi connectivity index (χ0) is 13.8. The van der Waals surface area contributed by atoms with E-state index in [1.807, 2.05) is 36.2 Å². The summed E-state index contributed by atoms with van der Waals surface area (Å²) in [5, 5.41) is 0.656. The number of rotatable bonds is 4. The number of hydrogen-bond acceptors (Lipinski definition) is 2. The van der Waals surface area contributed by atoms with E-state index in [-0.39, 0.29) is 5.78 Å². The Labute approximate surface area is 118 Å². The van der Waals surface area contributed by atoms with Gasteiger partial charge in [-0.3, -0.25) is 4.79 Å². The Bertz CT molecular complexity index is 581. The number of halogens is 1. The lowest BCUT2D eigenvalue weighted by molar-refractivity contribution is 0.101. The van der Waals surface area contributed by atoms with Gasteiger partial charge < -0.3 is 4.90 Å². The topological polar surface area (TPSA) is 20.3 Å². The fraction of sp³-hybridized carbons (Fsp3) is 0.188. The number of ketones is 1. The van der Waals surface area contributed by atoms with Crippen molar-refractivity contribution in [3.63, 3.8) is 0 Å². The fourth-order valence-electron chi connectivity index (χ4n) is 1.97. The smallest absolute Gasteiger partial charge is 0.159 e. The van der Waals surface area contributed by atoms with Crippen LogP contribution in [0.5, 0.6) is 0 Å². The van der Waals surface area contributed by atoms with Gasteiger partial charge in [-0.05, 0) is 30.7 Å². The monoisotopic (exact) mass is 273 g/mol. The van der Waals surface area contributed by atoms with Gasteiger partial charge in [-0.1, -0.05) is 41.9 Å². The second-order valence-electron chi connectivity index (χ2n) is 4.56. The standard InChI is InChI=1S/C16H16ClNO/c1-12(19)14-8-9-15(17)16(10-14)18(2)11-13-6-4-3-5-7-13/h3-10H,11H2,1-2H3. The Hall–Kier alpha value is -1.80. The number of carbonyl (C=O) groups is 1. The molecule has 0 atom stereocenters. The molecule has 0 saturated heterocycles. The first-order chi connectivity index (χ1) is 9.08. The molecular weight excluding hydrogens is 258 g/mol. The first kappa shape index (κ1) is 13.6. The molecule has 0 fully saturated rings. The Morgan fingerprint density at radius 1 is 1.16 bits per heavy atom. The van der Waals surface area contributed by atoms with E-state index < -0.39 is 0 Å². The Morgan fingerprint density at radius 3 is 2.47 bits per heavy atom. The van der Waals surface area contributed by atoms with E-state index in [4.69, 9.17) is 11.6 Å². The molecule has 0 heterocycles. The van der Waals surface area contributed by atoms with E-state index in [0.29, 0.717) is 10.6 Å². The van der Waals surface area contributed by atoms with Crippen LogP contribution in [0.25, 0.3) is 0 Å². The van der Waals surface area contributed by atoms with Crippen LogP contribution in [0.4, 0.5) is 5.69 Å². The highest BCUT2D eigenvalue weighted by Crippen LogP contribution is 2.27. The van der Waals surface area contributed by atoms with Gasteiger partial charge in [0.2, 0.25) is 0 Å². The van der Waals surface area contributed by atoms with Crippen LogP contribution in [0.3, 0.4) is 0 Å². The van der Waals surface area contributed by atoms with Gasteiger partial charge in [-0.15, -0.1) is 0 Å². The SMILES string of the molecule is CC(=O)c1ccc(Cl)c(N(C)Cc2ccccc2)c1.